The van der Waals surface area contributed by atoms with Gasteiger partial charge in [0.05, 0.1) is 13.2 Å². The average molecular weight is 513 g/mol. The highest BCUT2D eigenvalue weighted by atomic mass is 35.5. The molecule has 0 saturated carbocycles. The number of aromatic nitrogens is 1. The van der Waals surface area contributed by atoms with E-state index in [-0.39, 0.29) is 18.3 Å². The van der Waals surface area contributed by atoms with Crippen LogP contribution in [0.15, 0.2) is 66.7 Å². The van der Waals surface area contributed by atoms with Crippen molar-refractivity contribution in [2.24, 2.45) is 0 Å². The lowest BCUT2D eigenvalue weighted by Gasteiger charge is -2.36. The number of carbonyl (C=O) groups is 1. The summed E-state index contributed by atoms with van der Waals surface area (Å²) in [5.74, 6) is 1.12. The van der Waals surface area contributed by atoms with Gasteiger partial charge in [-0.2, -0.15) is 8.78 Å². The van der Waals surface area contributed by atoms with Crippen LogP contribution in [-0.4, -0.2) is 42.7 Å². The van der Waals surface area contributed by atoms with Gasteiger partial charge in [0.1, 0.15) is 17.2 Å². The predicted octanol–water partition coefficient (Wildman–Crippen LogP) is 5.98. The molecule has 0 fully saturated rings. The second-order valence-electron chi connectivity index (χ2n) is 8.36. The molecule has 1 aliphatic heterocycles. The zero-order chi connectivity index (χ0) is 25.2. The van der Waals surface area contributed by atoms with Crippen LogP contribution in [0.3, 0.4) is 0 Å². The van der Waals surface area contributed by atoms with Gasteiger partial charge < -0.3 is 24.1 Å². The van der Waals surface area contributed by atoms with Gasteiger partial charge >= 0.3 is 6.61 Å². The van der Waals surface area contributed by atoms with E-state index >= 15 is 0 Å². The number of carbonyl (C=O) groups excluding carboxylic acids is 1. The number of halogens is 3. The highest BCUT2D eigenvalue weighted by molar-refractivity contribution is 6.30. The monoisotopic (exact) mass is 512 g/mol. The lowest BCUT2D eigenvalue weighted by Crippen LogP contribution is -2.42. The summed E-state index contributed by atoms with van der Waals surface area (Å²) < 4.78 is 40.9. The first-order valence-electron chi connectivity index (χ1n) is 11.3. The van der Waals surface area contributed by atoms with Crippen LogP contribution in [0, 0.1) is 0 Å². The molecular formula is C27H23ClF2N2O4. The van der Waals surface area contributed by atoms with Gasteiger partial charge in [-0.15, -0.1) is 0 Å². The van der Waals surface area contributed by atoms with E-state index in [4.69, 9.17) is 21.1 Å². The number of hydrogen-bond donors (Lipinski definition) is 1. The molecule has 0 aliphatic carbocycles. The van der Waals surface area contributed by atoms with E-state index in [9.17, 15) is 13.6 Å². The normalized spacial score (nSPS) is 15.1. The Bertz CT molecular complexity index is 1370. The van der Waals surface area contributed by atoms with Gasteiger partial charge in [0.15, 0.2) is 6.61 Å². The molecule has 0 unspecified atom stereocenters. The van der Waals surface area contributed by atoms with Crippen molar-refractivity contribution in [2.45, 2.75) is 19.1 Å². The van der Waals surface area contributed by atoms with Crippen molar-refractivity contribution >= 4 is 28.4 Å². The van der Waals surface area contributed by atoms with Gasteiger partial charge in [-0.05, 0) is 72.1 Å². The molecule has 9 heteroatoms. The number of fused-ring (bicyclic) bond motifs is 3. The van der Waals surface area contributed by atoms with Gasteiger partial charge in [-0.1, -0.05) is 23.7 Å². The molecule has 1 atom stereocenters. The second kappa shape index (κ2) is 10.1. The summed E-state index contributed by atoms with van der Waals surface area (Å²) in [5.41, 5.74) is 3.64. The number of methoxy groups -OCH3 is 1. The Morgan fingerprint density at radius 2 is 1.75 bits per heavy atom. The van der Waals surface area contributed by atoms with Crippen molar-refractivity contribution in [3.63, 3.8) is 0 Å². The van der Waals surface area contributed by atoms with Crippen LogP contribution in [0.1, 0.15) is 22.9 Å². The minimum Gasteiger partial charge on any atom is -0.497 e. The van der Waals surface area contributed by atoms with Crippen LogP contribution >= 0.6 is 11.6 Å². The van der Waals surface area contributed by atoms with Gasteiger partial charge in [-0.25, -0.2) is 0 Å². The Balaban J connectivity index is 1.49. The lowest BCUT2D eigenvalue weighted by atomic mass is 9.92. The zero-order valence-electron chi connectivity index (χ0n) is 19.3. The van der Waals surface area contributed by atoms with Crippen LogP contribution in [0.2, 0.25) is 5.02 Å². The third-order valence-corrected chi connectivity index (χ3v) is 6.50. The third-order valence-electron chi connectivity index (χ3n) is 6.25. The van der Waals surface area contributed by atoms with E-state index in [2.05, 4.69) is 9.72 Å². The molecule has 0 bridgehead atoms. The molecule has 3 aromatic carbocycles. The molecule has 1 N–H and O–H groups in total. The molecule has 0 saturated heterocycles. The quantitative estimate of drug-likeness (QED) is 0.330. The van der Waals surface area contributed by atoms with Crippen LogP contribution in [0.4, 0.5) is 8.78 Å². The largest absolute Gasteiger partial charge is 0.497 e. The number of alkyl halides is 2. The molecule has 36 heavy (non-hydrogen) atoms. The number of nitrogens with one attached hydrogen (secondary N) is 1. The van der Waals surface area contributed by atoms with Crippen LogP contribution in [0.5, 0.6) is 17.2 Å². The van der Waals surface area contributed by atoms with E-state index in [1.165, 1.54) is 12.1 Å². The Hall–Kier alpha value is -3.78. The van der Waals surface area contributed by atoms with Crippen molar-refractivity contribution in [1.29, 1.82) is 0 Å². The summed E-state index contributed by atoms with van der Waals surface area (Å²) in [7, 11) is 1.62. The molecule has 2 heterocycles. The zero-order valence-corrected chi connectivity index (χ0v) is 20.1. The van der Waals surface area contributed by atoms with Gasteiger partial charge in [0.25, 0.3) is 5.91 Å². The maximum absolute atomic E-state index is 13.4. The van der Waals surface area contributed by atoms with Crippen molar-refractivity contribution in [2.75, 3.05) is 20.3 Å². The molecule has 1 aromatic heterocycles. The molecule has 1 aliphatic rings. The Kier molecular flexibility index (Phi) is 6.69. The van der Waals surface area contributed by atoms with Gasteiger partial charge in [-0.3, -0.25) is 4.79 Å². The number of H-pyrrole nitrogens is 1. The molecule has 0 radical (unpaired) electrons. The van der Waals surface area contributed by atoms with E-state index < -0.39 is 12.7 Å². The number of rotatable bonds is 7. The Morgan fingerprint density at radius 1 is 1.06 bits per heavy atom. The SMILES string of the molecule is COc1ccc2[nH]c3c(c2c1)CCN(C(=O)COc1ccc(Cl)cc1)[C@H]3c1ccc(OC(F)F)cc1. The summed E-state index contributed by atoms with van der Waals surface area (Å²) in [4.78, 5) is 18.6. The standard InChI is InChI=1S/C27H23ClF2N2O4/c1-34-20-10-11-23-22(14-20)21-12-13-32(24(33)15-35-18-8-4-17(28)5-9-18)26(25(21)31-23)16-2-6-19(7-3-16)36-27(29)30/h2-11,14,26-27,31H,12-13,15H2,1H3/t26-/m0/s1. The van der Waals surface area contributed by atoms with Crippen LogP contribution in [-0.2, 0) is 11.2 Å². The minimum absolute atomic E-state index is 0.0510. The highest BCUT2D eigenvalue weighted by Crippen LogP contribution is 2.40. The number of ether oxygens (including phenoxy) is 3. The maximum atomic E-state index is 13.4. The van der Waals surface area contributed by atoms with Gasteiger partial charge in [0, 0.05) is 28.2 Å². The van der Waals surface area contributed by atoms with Gasteiger partial charge in [0.2, 0.25) is 0 Å². The lowest BCUT2D eigenvalue weighted by molar-refractivity contribution is -0.135. The maximum Gasteiger partial charge on any atom is 0.387 e. The minimum atomic E-state index is -2.91. The number of benzene rings is 3. The molecule has 0 spiro atoms. The first-order valence-corrected chi connectivity index (χ1v) is 11.7. The highest BCUT2D eigenvalue weighted by Gasteiger charge is 2.35. The number of amides is 1. The fourth-order valence-electron chi connectivity index (χ4n) is 4.60. The average Bonchev–Trinajstić information content (AvgIpc) is 3.25. The predicted molar refractivity (Wildman–Crippen MR) is 132 cm³/mol. The summed E-state index contributed by atoms with van der Waals surface area (Å²) in [6, 6.07) is 18.5. The Labute approximate surface area is 211 Å². The van der Waals surface area contributed by atoms with E-state index in [0.717, 1.165) is 33.5 Å². The molecule has 1 amide bonds. The van der Waals surface area contributed by atoms with Crippen molar-refractivity contribution in [3.05, 3.63) is 88.6 Å². The summed E-state index contributed by atoms with van der Waals surface area (Å²) in [5, 5.41) is 1.60. The first kappa shape index (κ1) is 23.9. The summed E-state index contributed by atoms with van der Waals surface area (Å²) >= 11 is 5.93. The third kappa shape index (κ3) is 4.81. The number of nitrogens with zero attached hydrogens (tertiary/aromatic N) is 1. The van der Waals surface area contributed by atoms with E-state index in [0.29, 0.717) is 23.7 Å². The topological polar surface area (TPSA) is 63.8 Å². The fraction of sp³-hybridized carbons (Fsp3) is 0.222. The molecule has 6 nitrogen and oxygen atoms in total. The van der Waals surface area contributed by atoms with Crippen LogP contribution < -0.4 is 14.2 Å². The molecule has 5 rings (SSSR count). The summed E-state index contributed by atoms with van der Waals surface area (Å²) in [6.45, 7) is -2.61. The first-order chi connectivity index (χ1) is 17.4. The smallest absolute Gasteiger partial charge is 0.387 e. The van der Waals surface area contributed by atoms with Crippen molar-refractivity contribution < 1.29 is 27.8 Å². The fourth-order valence-corrected chi connectivity index (χ4v) is 4.73. The van der Waals surface area contributed by atoms with Crippen molar-refractivity contribution in [1.82, 2.24) is 9.88 Å². The van der Waals surface area contributed by atoms with Crippen LogP contribution in [0.25, 0.3) is 10.9 Å². The Morgan fingerprint density at radius 3 is 2.44 bits per heavy atom. The van der Waals surface area contributed by atoms with Crippen molar-refractivity contribution in [3.8, 4) is 17.2 Å². The van der Waals surface area contributed by atoms with E-state index in [1.807, 2.05) is 18.2 Å². The number of aromatic amines is 1. The van der Waals surface area contributed by atoms with E-state index in [1.54, 1.807) is 48.4 Å². The molecule has 186 valence electrons. The summed E-state index contributed by atoms with van der Waals surface area (Å²) in [6.07, 6.45) is 0.637. The number of hydrogen-bond acceptors (Lipinski definition) is 4. The second-order valence-corrected chi connectivity index (χ2v) is 8.79. The molecule has 4 aromatic rings. The molecular weight excluding hydrogens is 490 g/mol.